The zero-order chi connectivity index (χ0) is 9.26. The predicted molar refractivity (Wildman–Crippen MR) is 44.8 cm³/mol. The van der Waals surface area contributed by atoms with Crippen molar-refractivity contribution in [1.29, 1.82) is 0 Å². The summed E-state index contributed by atoms with van der Waals surface area (Å²) in [6.45, 7) is 0.892. The standard InChI is InChI=1S/C8H7F2O2P/c9-6-2-1-3-7(8(6)10)13-11-4-5-12-13/h1-3H,4-5H2. The summed E-state index contributed by atoms with van der Waals surface area (Å²) in [5, 5.41) is 0.188. The molecule has 0 aliphatic carbocycles. The Morgan fingerprint density at radius 1 is 1.15 bits per heavy atom. The average Bonchev–Trinajstić information content (AvgIpc) is 2.62. The van der Waals surface area contributed by atoms with E-state index >= 15 is 0 Å². The molecule has 2 rings (SSSR count). The fourth-order valence-corrected chi connectivity index (χ4v) is 2.36. The third-order valence-electron chi connectivity index (χ3n) is 1.63. The molecule has 70 valence electrons. The Morgan fingerprint density at radius 3 is 2.54 bits per heavy atom. The number of hydrogen-bond acceptors (Lipinski definition) is 2. The maximum Gasteiger partial charge on any atom is 0.208 e. The Morgan fingerprint density at radius 2 is 1.85 bits per heavy atom. The highest BCUT2D eigenvalue weighted by Crippen LogP contribution is 2.41. The van der Waals surface area contributed by atoms with Crippen LogP contribution in [-0.2, 0) is 9.05 Å². The van der Waals surface area contributed by atoms with E-state index in [1.165, 1.54) is 12.1 Å². The third-order valence-corrected chi connectivity index (χ3v) is 3.20. The molecule has 0 aromatic heterocycles. The molecule has 0 bridgehead atoms. The minimum atomic E-state index is -1.39. The Kier molecular flexibility index (Phi) is 2.54. The molecule has 0 amide bonds. The van der Waals surface area contributed by atoms with Crippen molar-refractivity contribution in [1.82, 2.24) is 0 Å². The molecule has 0 atom stereocenters. The first-order valence-electron chi connectivity index (χ1n) is 3.79. The van der Waals surface area contributed by atoms with Crippen molar-refractivity contribution in [2.75, 3.05) is 13.2 Å². The quantitative estimate of drug-likeness (QED) is 0.651. The summed E-state index contributed by atoms with van der Waals surface area (Å²) in [6.07, 6.45) is 0. The van der Waals surface area contributed by atoms with Crippen LogP contribution in [0.2, 0.25) is 0 Å². The molecule has 1 heterocycles. The van der Waals surface area contributed by atoms with Gasteiger partial charge >= 0.3 is 0 Å². The van der Waals surface area contributed by atoms with E-state index in [-0.39, 0.29) is 5.30 Å². The minimum Gasteiger partial charge on any atom is -0.328 e. The molecule has 1 aliphatic rings. The van der Waals surface area contributed by atoms with E-state index in [1.54, 1.807) is 0 Å². The predicted octanol–water partition coefficient (Wildman–Crippen LogP) is 1.95. The highest BCUT2D eigenvalue weighted by molar-refractivity contribution is 7.56. The summed E-state index contributed by atoms with van der Waals surface area (Å²) in [5.74, 6) is -1.73. The molecule has 1 saturated heterocycles. The largest absolute Gasteiger partial charge is 0.328 e. The molecule has 1 aromatic carbocycles. The van der Waals surface area contributed by atoms with Gasteiger partial charge in [-0.2, -0.15) is 0 Å². The van der Waals surface area contributed by atoms with Crippen molar-refractivity contribution in [2.24, 2.45) is 0 Å². The molecule has 0 spiro atoms. The van der Waals surface area contributed by atoms with Gasteiger partial charge in [-0.1, -0.05) is 6.07 Å². The molecule has 0 saturated carbocycles. The van der Waals surface area contributed by atoms with Crippen LogP contribution in [0.4, 0.5) is 8.78 Å². The molecule has 0 unspecified atom stereocenters. The summed E-state index contributed by atoms with van der Waals surface area (Å²) in [7, 11) is -1.39. The summed E-state index contributed by atoms with van der Waals surface area (Å²) in [5.41, 5.74) is 0. The first kappa shape index (κ1) is 9.00. The average molecular weight is 204 g/mol. The Balaban J connectivity index is 2.33. The van der Waals surface area contributed by atoms with Gasteiger partial charge in [-0.3, -0.25) is 0 Å². The fourth-order valence-electron chi connectivity index (χ4n) is 1.05. The van der Waals surface area contributed by atoms with Gasteiger partial charge in [0.1, 0.15) is 0 Å². The highest BCUT2D eigenvalue weighted by atomic mass is 31.2. The first-order chi connectivity index (χ1) is 6.29. The molecule has 5 heteroatoms. The van der Waals surface area contributed by atoms with Gasteiger partial charge in [0.25, 0.3) is 0 Å². The van der Waals surface area contributed by atoms with Gasteiger partial charge in [0, 0.05) is 0 Å². The van der Waals surface area contributed by atoms with Crippen LogP contribution in [0.15, 0.2) is 18.2 Å². The number of halogens is 2. The van der Waals surface area contributed by atoms with E-state index in [1.807, 2.05) is 0 Å². The minimum absolute atomic E-state index is 0.188. The van der Waals surface area contributed by atoms with Crippen LogP contribution >= 0.6 is 8.38 Å². The lowest BCUT2D eigenvalue weighted by molar-refractivity contribution is 0.365. The summed E-state index contributed by atoms with van der Waals surface area (Å²) in [4.78, 5) is 0. The monoisotopic (exact) mass is 204 g/mol. The molecule has 1 fully saturated rings. The summed E-state index contributed by atoms with van der Waals surface area (Å²) < 4.78 is 36.1. The van der Waals surface area contributed by atoms with Crippen LogP contribution in [0, 0.1) is 11.6 Å². The second-order valence-corrected chi connectivity index (χ2v) is 4.01. The van der Waals surface area contributed by atoms with Crippen molar-refractivity contribution in [3.63, 3.8) is 0 Å². The van der Waals surface area contributed by atoms with E-state index in [2.05, 4.69) is 0 Å². The van der Waals surface area contributed by atoms with Crippen molar-refractivity contribution in [2.45, 2.75) is 0 Å². The van der Waals surface area contributed by atoms with E-state index in [0.717, 1.165) is 6.07 Å². The smallest absolute Gasteiger partial charge is 0.208 e. The Bertz CT molecular complexity index is 313. The molecule has 1 aromatic rings. The summed E-state index contributed by atoms with van der Waals surface area (Å²) in [6, 6.07) is 4.00. The van der Waals surface area contributed by atoms with Gasteiger partial charge in [0.15, 0.2) is 11.6 Å². The first-order valence-corrected chi connectivity index (χ1v) is 4.97. The fraction of sp³-hybridized carbons (Fsp3) is 0.250. The molecule has 0 radical (unpaired) electrons. The SMILES string of the molecule is Fc1cccc(P2OCCO2)c1F. The number of rotatable bonds is 1. The van der Waals surface area contributed by atoms with E-state index in [4.69, 9.17) is 9.05 Å². The van der Waals surface area contributed by atoms with Crippen LogP contribution < -0.4 is 5.30 Å². The number of benzene rings is 1. The summed E-state index contributed by atoms with van der Waals surface area (Å²) >= 11 is 0. The molecule has 2 nitrogen and oxygen atoms in total. The van der Waals surface area contributed by atoms with Gasteiger partial charge in [-0.25, -0.2) is 8.78 Å². The maximum atomic E-state index is 13.1. The molecular weight excluding hydrogens is 197 g/mol. The lowest BCUT2D eigenvalue weighted by atomic mass is 10.3. The van der Waals surface area contributed by atoms with E-state index < -0.39 is 20.0 Å². The second-order valence-electron chi connectivity index (χ2n) is 2.50. The van der Waals surface area contributed by atoms with Crippen LogP contribution in [0.5, 0.6) is 0 Å². The van der Waals surface area contributed by atoms with Crippen LogP contribution in [0.3, 0.4) is 0 Å². The second kappa shape index (κ2) is 3.66. The topological polar surface area (TPSA) is 18.5 Å². The molecule has 13 heavy (non-hydrogen) atoms. The van der Waals surface area contributed by atoms with Gasteiger partial charge in [0.05, 0.1) is 18.5 Å². The Hall–Kier alpha value is -0.570. The lowest BCUT2D eigenvalue weighted by Gasteiger charge is -2.08. The van der Waals surface area contributed by atoms with Crippen molar-refractivity contribution >= 4 is 13.7 Å². The van der Waals surface area contributed by atoms with Gasteiger partial charge in [-0.15, -0.1) is 0 Å². The lowest BCUT2D eigenvalue weighted by Crippen LogP contribution is -2.08. The Labute approximate surface area is 75.4 Å². The highest BCUT2D eigenvalue weighted by Gasteiger charge is 2.24. The maximum absolute atomic E-state index is 13.1. The van der Waals surface area contributed by atoms with Gasteiger partial charge < -0.3 is 9.05 Å². The molecular formula is C8H7F2O2P. The van der Waals surface area contributed by atoms with E-state index in [0.29, 0.717) is 13.2 Å². The number of hydrogen-bond donors (Lipinski definition) is 0. The zero-order valence-corrected chi connectivity index (χ0v) is 7.56. The van der Waals surface area contributed by atoms with Crippen LogP contribution in [0.25, 0.3) is 0 Å². The van der Waals surface area contributed by atoms with E-state index in [9.17, 15) is 8.78 Å². The molecule has 0 N–H and O–H groups in total. The van der Waals surface area contributed by atoms with Crippen molar-refractivity contribution < 1.29 is 17.8 Å². The zero-order valence-electron chi connectivity index (χ0n) is 6.67. The molecule has 1 aliphatic heterocycles. The third kappa shape index (κ3) is 1.70. The van der Waals surface area contributed by atoms with Crippen LogP contribution in [-0.4, -0.2) is 13.2 Å². The van der Waals surface area contributed by atoms with Crippen molar-refractivity contribution in [3.8, 4) is 0 Å². The van der Waals surface area contributed by atoms with Gasteiger partial charge in [-0.05, 0) is 12.1 Å². The van der Waals surface area contributed by atoms with Gasteiger partial charge in [0.2, 0.25) is 8.38 Å². The van der Waals surface area contributed by atoms with Crippen molar-refractivity contribution in [3.05, 3.63) is 29.8 Å². The van der Waals surface area contributed by atoms with Crippen LogP contribution in [0.1, 0.15) is 0 Å². The normalized spacial score (nSPS) is 18.0.